The Morgan fingerprint density at radius 1 is 1.09 bits per heavy atom. The molecule has 3 nitrogen and oxygen atoms in total. The summed E-state index contributed by atoms with van der Waals surface area (Å²) < 4.78 is 26.1. The molecule has 0 aliphatic carbocycles. The third-order valence-corrected chi connectivity index (χ3v) is 3.21. The van der Waals surface area contributed by atoms with Crippen LogP contribution in [-0.2, 0) is 11.3 Å². The zero-order chi connectivity index (χ0) is 15.9. The summed E-state index contributed by atoms with van der Waals surface area (Å²) in [5.74, 6) is -1.42. The Hall–Kier alpha value is -2.43. The zero-order valence-corrected chi connectivity index (χ0v) is 12.3. The van der Waals surface area contributed by atoms with Gasteiger partial charge < -0.3 is 10.6 Å². The molecule has 116 valence electrons. The normalized spacial score (nSPS) is 10.3. The van der Waals surface area contributed by atoms with Gasteiger partial charge in [-0.15, -0.1) is 0 Å². The van der Waals surface area contributed by atoms with E-state index in [0.717, 1.165) is 11.6 Å². The van der Waals surface area contributed by atoms with Gasteiger partial charge in [-0.3, -0.25) is 4.79 Å². The quantitative estimate of drug-likeness (QED) is 0.859. The molecule has 0 saturated heterocycles. The highest BCUT2D eigenvalue weighted by molar-refractivity contribution is 5.76. The number of amides is 1. The van der Waals surface area contributed by atoms with Gasteiger partial charge in [-0.1, -0.05) is 29.8 Å². The number of halogens is 2. The summed E-state index contributed by atoms with van der Waals surface area (Å²) in [7, 11) is 0. The van der Waals surface area contributed by atoms with Crippen LogP contribution in [0.4, 0.5) is 14.5 Å². The van der Waals surface area contributed by atoms with Gasteiger partial charge in [-0.05, 0) is 24.6 Å². The second-order valence-corrected chi connectivity index (χ2v) is 5.06. The lowest BCUT2D eigenvalue weighted by atomic mass is 10.1. The molecule has 2 aromatic carbocycles. The third-order valence-electron chi connectivity index (χ3n) is 3.21. The monoisotopic (exact) mass is 304 g/mol. The third kappa shape index (κ3) is 4.84. The van der Waals surface area contributed by atoms with Crippen LogP contribution < -0.4 is 10.6 Å². The smallest absolute Gasteiger partial charge is 0.222 e. The van der Waals surface area contributed by atoms with Crippen LogP contribution in [-0.4, -0.2) is 12.5 Å². The van der Waals surface area contributed by atoms with Crippen molar-refractivity contribution in [3.63, 3.8) is 0 Å². The summed E-state index contributed by atoms with van der Waals surface area (Å²) in [6.45, 7) is 2.74. The van der Waals surface area contributed by atoms with E-state index in [1.54, 1.807) is 0 Å². The van der Waals surface area contributed by atoms with E-state index in [1.165, 1.54) is 17.7 Å². The highest BCUT2D eigenvalue weighted by Crippen LogP contribution is 2.14. The average molecular weight is 304 g/mol. The van der Waals surface area contributed by atoms with E-state index in [-0.39, 0.29) is 24.6 Å². The van der Waals surface area contributed by atoms with Crippen molar-refractivity contribution in [2.45, 2.75) is 19.9 Å². The molecule has 0 atom stereocenters. The highest BCUT2D eigenvalue weighted by Gasteiger charge is 2.05. The van der Waals surface area contributed by atoms with Crippen molar-refractivity contribution in [3.05, 3.63) is 65.2 Å². The molecule has 0 aliphatic heterocycles. The molecule has 0 unspecified atom stereocenters. The lowest BCUT2D eigenvalue weighted by Gasteiger charge is -2.08. The fraction of sp³-hybridized carbons (Fsp3) is 0.235. The second-order valence-electron chi connectivity index (χ2n) is 5.06. The van der Waals surface area contributed by atoms with Crippen LogP contribution in [0.3, 0.4) is 0 Å². The maximum absolute atomic E-state index is 13.4. The van der Waals surface area contributed by atoms with Crippen molar-refractivity contribution < 1.29 is 13.6 Å². The van der Waals surface area contributed by atoms with Crippen molar-refractivity contribution in [3.8, 4) is 0 Å². The van der Waals surface area contributed by atoms with Crippen LogP contribution in [0.1, 0.15) is 17.5 Å². The maximum Gasteiger partial charge on any atom is 0.222 e. The number of carbonyl (C=O) groups is 1. The first kappa shape index (κ1) is 15.9. The number of hydrogen-bond donors (Lipinski definition) is 2. The second kappa shape index (κ2) is 7.54. The van der Waals surface area contributed by atoms with E-state index < -0.39 is 11.6 Å². The molecule has 22 heavy (non-hydrogen) atoms. The van der Waals surface area contributed by atoms with Gasteiger partial charge in [0.25, 0.3) is 0 Å². The van der Waals surface area contributed by atoms with Crippen LogP contribution in [0.25, 0.3) is 0 Å². The van der Waals surface area contributed by atoms with Gasteiger partial charge in [0, 0.05) is 25.6 Å². The molecule has 1 amide bonds. The Bertz CT molecular complexity index is 642. The van der Waals surface area contributed by atoms with Crippen molar-refractivity contribution >= 4 is 11.6 Å². The lowest BCUT2D eigenvalue weighted by molar-refractivity contribution is -0.121. The van der Waals surface area contributed by atoms with E-state index in [0.29, 0.717) is 6.54 Å². The minimum atomic E-state index is -0.667. The summed E-state index contributed by atoms with van der Waals surface area (Å²) in [5, 5.41) is 5.57. The van der Waals surface area contributed by atoms with Gasteiger partial charge in [0.2, 0.25) is 5.91 Å². The summed E-state index contributed by atoms with van der Waals surface area (Å²) >= 11 is 0. The highest BCUT2D eigenvalue weighted by atomic mass is 19.1. The van der Waals surface area contributed by atoms with E-state index in [9.17, 15) is 13.6 Å². The molecule has 2 aromatic rings. The van der Waals surface area contributed by atoms with Crippen LogP contribution in [0.5, 0.6) is 0 Å². The molecule has 0 heterocycles. The largest absolute Gasteiger partial charge is 0.382 e. The molecule has 0 aliphatic rings. The van der Waals surface area contributed by atoms with Crippen LogP contribution >= 0.6 is 0 Å². The van der Waals surface area contributed by atoms with Gasteiger partial charge in [0.15, 0.2) is 0 Å². The minimum Gasteiger partial charge on any atom is -0.382 e. The molecule has 0 bridgehead atoms. The zero-order valence-electron chi connectivity index (χ0n) is 12.3. The molecular weight excluding hydrogens is 286 g/mol. The van der Waals surface area contributed by atoms with E-state index in [1.807, 2.05) is 31.2 Å². The lowest BCUT2D eigenvalue weighted by Crippen LogP contribution is -2.25. The average Bonchev–Trinajstić information content (AvgIpc) is 2.49. The maximum atomic E-state index is 13.4. The first-order valence-electron chi connectivity index (χ1n) is 7.06. The Kier molecular flexibility index (Phi) is 5.47. The topological polar surface area (TPSA) is 41.1 Å². The molecule has 5 heteroatoms. The fourth-order valence-corrected chi connectivity index (χ4v) is 1.94. The van der Waals surface area contributed by atoms with E-state index in [2.05, 4.69) is 10.6 Å². The van der Waals surface area contributed by atoms with Crippen LogP contribution in [0.15, 0.2) is 42.5 Å². The molecule has 0 fully saturated rings. The Morgan fingerprint density at radius 2 is 1.82 bits per heavy atom. The molecule has 0 spiro atoms. The summed E-state index contributed by atoms with van der Waals surface area (Å²) in [6, 6.07) is 11.2. The molecular formula is C17H18F2N2O. The molecule has 2 rings (SSSR count). The van der Waals surface area contributed by atoms with Gasteiger partial charge in [0.1, 0.15) is 11.6 Å². The van der Waals surface area contributed by atoms with Crippen molar-refractivity contribution in [2.75, 3.05) is 11.9 Å². The number of aryl methyl sites for hydroxylation is 1. The first-order valence-corrected chi connectivity index (χ1v) is 7.06. The predicted molar refractivity (Wildman–Crippen MR) is 82.5 cm³/mol. The molecule has 0 saturated carbocycles. The molecule has 0 aromatic heterocycles. The molecule has 2 N–H and O–H groups in total. The number of rotatable bonds is 6. The predicted octanol–water partition coefficient (Wildman–Crippen LogP) is 3.39. The Balaban J connectivity index is 1.72. The Labute approximate surface area is 128 Å². The van der Waals surface area contributed by atoms with E-state index in [4.69, 9.17) is 0 Å². The Morgan fingerprint density at radius 3 is 2.50 bits per heavy atom. The summed E-state index contributed by atoms with van der Waals surface area (Å²) in [6.07, 6.45) is 0.211. The first-order chi connectivity index (χ1) is 10.5. The number of carbonyl (C=O) groups excluding carboxylic acids is 1. The number of nitrogens with one attached hydrogen (secondary N) is 2. The van der Waals surface area contributed by atoms with Gasteiger partial charge >= 0.3 is 0 Å². The van der Waals surface area contributed by atoms with Crippen LogP contribution in [0.2, 0.25) is 0 Å². The standard InChI is InChI=1S/C17H18F2N2O/c1-12-2-4-13(5-3-12)11-21-17(22)8-9-20-16-7-6-14(18)10-15(16)19/h2-7,10,20H,8-9,11H2,1H3,(H,21,22). The van der Waals surface area contributed by atoms with Crippen molar-refractivity contribution in [1.29, 1.82) is 0 Å². The fourth-order valence-electron chi connectivity index (χ4n) is 1.94. The summed E-state index contributed by atoms with van der Waals surface area (Å²) in [4.78, 5) is 11.7. The van der Waals surface area contributed by atoms with Gasteiger partial charge in [0.05, 0.1) is 5.69 Å². The van der Waals surface area contributed by atoms with Gasteiger partial charge in [-0.25, -0.2) is 8.78 Å². The number of benzene rings is 2. The number of anilines is 1. The number of hydrogen-bond acceptors (Lipinski definition) is 2. The molecule has 0 radical (unpaired) electrons. The minimum absolute atomic E-state index is 0.129. The van der Waals surface area contributed by atoms with Crippen molar-refractivity contribution in [2.24, 2.45) is 0 Å². The SMILES string of the molecule is Cc1ccc(CNC(=O)CCNc2ccc(F)cc2F)cc1. The van der Waals surface area contributed by atoms with E-state index >= 15 is 0 Å². The van der Waals surface area contributed by atoms with Gasteiger partial charge in [-0.2, -0.15) is 0 Å². The van der Waals surface area contributed by atoms with Crippen molar-refractivity contribution in [1.82, 2.24) is 5.32 Å². The summed E-state index contributed by atoms with van der Waals surface area (Å²) in [5.41, 5.74) is 2.38. The van der Waals surface area contributed by atoms with Crippen LogP contribution in [0, 0.1) is 18.6 Å².